The molecular formula is C21H37NOSn. The molecule has 0 aromatic carbocycles. The van der Waals surface area contributed by atoms with Crippen molar-refractivity contribution in [2.45, 2.75) is 98.0 Å². The van der Waals surface area contributed by atoms with Gasteiger partial charge in [-0.25, -0.2) is 0 Å². The van der Waals surface area contributed by atoms with E-state index >= 15 is 0 Å². The quantitative estimate of drug-likeness (QED) is 0.504. The van der Waals surface area contributed by atoms with Crippen LogP contribution in [0.1, 0.15) is 83.9 Å². The van der Waals surface area contributed by atoms with E-state index in [4.69, 9.17) is 4.98 Å². The number of unbranched alkanes of at least 4 members (excludes halogenated alkanes) is 3. The van der Waals surface area contributed by atoms with Crippen molar-refractivity contribution in [3.8, 4) is 0 Å². The number of aromatic nitrogens is 1. The zero-order valence-corrected chi connectivity index (χ0v) is 19.2. The van der Waals surface area contributed by atoms with Gasteiger partial charge in [-0.2, -0.15) is 0 Å². The molecule has 1 aromatic heterocycles. The molecule has 0 bridgehead atoms. The monoisotopic (exact) mass is 439 g/mol. The molecule has 0 saturated carbocycles. The second kappa shape index (κ2) is 9.02. The van der Waals surface area contributed by atoms with Gasteiger partial charge >= 0.3 is 154 Å². The predicted octanol–water partition coefficient (Wildman–Crippen LogP) is 5.29. The summed E-state index contributed by atoms with van der Waals surface area (Å²) in [6, 6.07) is 4.67. The molecule has 1 aliphatic rings. The van der Waals surface area contributed by atoms with Crippen LogP contribution in [-0.2, 0) is 12.0 Å². The third kappa shape index (κ3) is 4.54. The van der Waals surface area contributed by atoms with Crippen LogP contribution < -0.4 is 3.71 Å². The molecule has 24 heavy (non-hydrogen) atoms. The zero-order valence-electron chi connectivity index (χ0n) is 16.3. The summed E-state index contributed by atoms with van der Waals surface area (Å²) in [4.78, 5) is 5.18. The Labute approximate surface area is 153 Å². The molecule has 1 heterocycles. The Morgan fingerprint density at radius 1 is 1.00 bits per heavy atom. The first-order valence-corrected chi connectivity index (χ1v) is 17.7. The first-order valence-electron chi connectivity index (χ1n) is 10.2. The Bertz CT molecular complexity index is 505. The number of pyridine rings is 1. The summed E-state index contributed by atoms with van der Waals surface area (Å²) < 4.78 is 5.79. The van der Waals surface area contributed by atoms with Gasteiger partial charge < -0.3 is 0 Å². The molecule has 0 spiro atoms. The molecule has 0 saturated heterocycles. The van der Waals surface area contributed by atoms with Gasteiger partial charge in [-0.15, -0.1) is 0 Å². The molecule has 0 aliphatic heterocycles. The zero-order chi connectivity index (χ0) is 17.6. The van der Waals surface area contributed by atoms with Crippen LogP contribution in [0.3, 0.4) is 0 Å². The Hall–Kier alpha value is -0.0913. The second-order valence-electron chi connectivity index (χ2n) is 8.07. The fourth-order valence-corrected chi connectivity index (χ4v) is 19.7. The van der Waals surface area contributed by atoms with Gasteiger partial charge in [0.05, 0.1) is 0 Å². The second-order valence-corrected chi connectivity index (χ2v) is 21.1. The van der Waals surface area contributed by atoms with Crippen LogP contribution in [0.4, 0.5) is 0 Å². The van der Waals surface area contributed by atoms with Crippen molar-refractivity contribution in [3.05, 3.63) is 23.4 Å². The van der Waals surface area contributed by atoms with E-state index in [1.165, 1.54) is 61.1 Å². The fraction of sp³-hybridized carbons (Fsp3) is 0.762. The third-order valence-electron chi connectivity index (χ3n) is 5.94. The van der Waals surface area contributed by atoms with Gasteiger partial charge in [0.25, 0.3) is 0 Å². The van der Waals surface area contributed by atoms with Crippen molar-refractivity contribution in [1.29, 1.82) is 0 Å². The van der Waals surface area contributed by atoms with Crippen LogP contribution in [0, 0.1) is 0 Å². The molecule has 1 atom stereocenters. The molecule has 0 fully saturated rings. The summed E-state index contributed by atoms with van der Waals surface area (Å²) in [7, 11) is 0. The Balaban J connectivity index is 2.40. The molecule has 1 aliphatic carbocycles. The fourth-order valence-electron chi connectivity index (χ4n) is 4.25. The number of nitrogens with zero attached hydrogens (tertiary/aromatic N) is 1. The van der Waals surface area contributed by atoms with Crippen LogP contribution in [0.25, 0.3) is 0 Å². The maximum absolute atomic E-state index is 10.7. The molecule has 1 N–H and O–H groups in total. The van der Waals surface area contributed by atoms with Crippen molar-refractivity contribution in [3.63, 3.8) is 0 Å². The van der Waals surface area contributed by atoms with E-state index in [-0.39, 0.29) is 0 Å². The van der Waals surface area contributed by atoms with Crippen molar-refractivity contribution in [1.82, 2.24) is 4.98 Å². The normalized spacial score (nSPS) is 20.4. The number of fused-ring (bicyclic) bond motifs is 1. The van der Waals surface area contributed by atoms with E-state index in [0.717, 1.165) is 18.5 Å². The SMILES string of the molecule is CCC[CH2][Sn]([CH2]CCC)([CH2]CCC)[c]1ccc2c(n1)C(C)(O)CC2. The van der Waals surface area contributed by atoms with Crippen LogP contribution in [0.15, 0.2) is 12.1 Å². The van der Waals surface area contributed by atoms with Gasteiger partial charge in [0.1, 0.15) is 0 Å². The van der Waals surface area contributed by atoms with Crippen LogP contribution in [-0.4, -0.2) is 28.5 Å². The maximum atomic E-state index is 10.7. The first-order chi connectivity index (χ1) is 11.5. The number of rotatable bonds is 10. The van der Waals surface area contributed by atoms with Gasteiger partial charge in [0.2, 0.25) is 0 Å². The number of hydrogen-bond donors (Lipinski definition) is 1. The van der Waals surface area contributed by atoms with Crippen LogP contribution in [0.2, 0.25) is 13.3 Å². The van der Waals surface area contributed by atoms with E-state index in [1.54, 1.807) is 0 Å². The van der Waals surface area contributed by atoms with Gasteiger partial charge in [-0.3, -0.25) is 0 Å². The van der Waals surface area contributed by atoms with Crippen molar-refractivity contribution < 1.29 is 5.11 Å². The number of aliphatic hydroxyl groups is 1. The van der Waals surface area contributed by atoms with Crippen LogP contribution >= 0.6 is 0 Å². The van der Waals surface area contributed by atoms with E-state index in [2.05, 4.69) is 32.9 Å². The third-order valence-corrected chi connectivity index (χ3v) is 21.1. The minimum atomic E-state index is -2.47. The topological polar surface area (TPSA) is 33.1 Å². The summed E-state index contributed by atoms with van der Waals surface area (Å²) in [6.07, 6.45) is 9.77. The standard InChI is InChI=1S/C9H10NO.3C4H9.Sn/c1-9(11)5-4-7-3-2-6-10-8(7)9;3*1-3-4-2;/h2-3,11H,4-5H2,1H3;3*1,3-4H2,2H3;. The van der Waals surface area contributed by atoms with Gasteiger partial charge in [0, 0.05) is 0 Å². The molecular weight excluding hydrogens is 401 g/mol. The molecule has 2 rings (SSSR count). The molecule has 0 radical (unpaired) electrons. The Morgan fingerprint density at radius 3 is 2.04 bits per heavy atom. The molecule has 1 aromatic rings. The minimum absolute atomic E-state index is 0.705. The Kier molecular flexibility index (Phi) is 7.60. The van der Waals surface area contributed by atoms with Gasteiger partial charge in [-0.05, 0) is 0 Å². The number of aryl methyl sites for hydroxylation is 1. The average molecular weight is 438 g/mol. The summed E-state index contributed by atoms with van der Waals surface area (Å²) in [5.74, 6) is 0. The molecule has 0 amide bonds. The molecule has 3 heteroatoms. The Morgan fingerprint density at radius 2 is 1.54 bits per heavy atom. The summed E-state index contributed by atoms with van der Waals surface area (Å²) in [5.41, 5.74) is 1.58. The van der Waals surface area contributed by atoms with Crippen molar-refractivity contribution in [2.24, 2.45) is 0 Å². The van der Waals surface area contributed by atoms with Crippen LogP contribution in [0.5, 0.6) is 0 Å². The van der Waals surface area contributed by atoms with E-state index in [1.807, 2.05) is 6.92 Å². The van der Waals surface area contributed by atoms with Crippen molar-refractivity contribution in [2.75, 3.05) is 0 Å². The summed E-state index contributed by atoms with van der Waals surface area (Å²) in [5, 5.41) is 10.7. The molecule has 136 valence electrons. The first kappa shape index (κ1) is 20.2. The molecule has 1 unspecified atom stereocenters. The van der Waals surface area contributed by atoms with Gasteiger partial charge in [-0.1, -0.05) is 0 Å². The van der Waals surface area contributed by atoms with E-state index in [0.29, 0.717) is 0 Å². The van der Waals surface area contributed by atoms with Gasteiger partial charge in [0.15, 0.2) is 0 Å². The molecule has 2 nitrogen and oxygen atoms in total. The number of hydrogen-bond acceptors (Lipinski definition) is 2. The summed E-state index contributed by atoms with van der Waals surface area (Å²) in [6.45, 7) is 8.91. The van der Waals surface area contributed by atoms with Crippen molar-refractivity contribution >= 4 is 22.1 Å². The summed E-state index contributed by atoms with van der Waals surface area (Å²) >= 11 is -2.47. The van der Waals surface area contributed by atoms with E-state index in [9.17, 15) is 5.11 Å². The van der Waals surface area contributed by atoms with E-state index < -0.39 is 24.0 Å². The predicted molar refractivity (Wildman–Crippen MR) is 107 cm³/mol. The average Bonchev–Trinajstić information content (AvgIpc) is 2.89.